The van der Waals surface area contributed by atoms with Gasteiger partial charge >= 0.3 is 0 Å². The molecule has 0 atom stereocenters. The number of hydrogen-bond donors (Lipinski definition) is 1. The van der Waals surface area contributed by atoms with Gasteiger partial charge in [0.1, 0.15) is 5.82 Å². The normalized spacial score (nSPS) is 9.71. The molecule has 1 heterocycles. The van der Waals surface area contributed by atoms with E-state index in [1.165, 1.54) is 5.56 Å². The number of aromatic nitrogens is 2. The summed E-state index contributed by atoms with van der Waals surface area (Å²) in [6, 6.07) is 6.23. The molecule has 0 radical (unpaired) electrons. The predicted molar refractivity (Wildman–Crippen MR) is 64.8 cm³/mol. The molecule has 2 aromatic rings. The van der Waals surface area contributed by atoms with Crippen LogP contribution in [0.3, 0.4) is 0 Å². The lowest BCUT2D eigenvalue weighted by Gasteiger charge is -1.92. The molecule has 0 unspecified atom stereocenters. The average Bonchev–Trinajstić information content (AvgIpc) is 2.59. The van der Waals surface area contributed by atoms with E-state index in [9.17, 15) is 0 Å². The van der Waals surface area contributed by atoms with Crippen LogP contribution >= 0.6 is 15.9 Å². The van der Waals surface area contributed by atoms with Crippen LogP contribution < -0.4 is 0 Å². The first-order valence-electron chi connectivity index (χ1n) is 4.81. The highest BCUT2D eigenvalue weighted by Gasteiger charge is 1.98. The van der Waals surface area contributed by atoms with Crippen LogP contribution in [-0.4, -0.2) is 9.97 Å². The topological polar surface area (TPSA) is 28.7 Å². The van der Waals surface area contributed by atoms with Crippen LogP contribution in [0.1, 0.15) is 25.2 Å². The van der Waals surface area contributed by atoms with Crippen molar-refractivity contribution in [3.63, 3.8) is 0 Å². The Labute approximate surface area is 92.9 Å². The quantitative estimate of drug-likeness (QED) is 0.771. The summed E-state index contributed by atoms with van der Waals surface area (Å²) >= 11 is 3.42. The SMILES string of the molecule is CC.Cc1nc2ccc(CBr)cc2[nH]1. The third kappa shape index (κ3) is 2.35. The number of halogens is 1. The monoisotopic (exact) mass is 254 g/mol. The van der Waals surface area contributed by atoms with Crippen LogP contribution in [0.4, 0.5) is 0 Å². The summed E-state index contributed by atoms with van der Waals surface area (Å²) in [4.78, 5) is 7.52. The van der Waals surface area contributed by atoms with E-state index in [0.29, 0.717) is 0 Å². The molecule has 3 heteroatoms. The molecule has 1 aromatic carbocycles. The molecule has 2 nitrogen and oxygen atoms in total. The molecule has 0 aliphatic heterocycles. The fraction of sp³-hybridized carbons (Fsp3) is 0.364. The van der Waals surface area contributed by atoms with Crippen LogP contribution in [0.15, 0.2) is 18.2 Å². The van der Waals surface area contributed by atoms with Gasteiger partial charge in [-0.1, -0.05) is 35.8 Å². The van der Waals surface area contributed by atoms with Gasteiger partial charge in [-0.2, -0.15) is 0 Å². The van der Waals surface area contributed by atoms with Crippen molar-refractivity contribution >= 4 is 27.0 Å². The second kappa shape index (κ2) is 5.15. The zero-order valence-corrected chi connectivity index (χ0v) is 10.4. The minimum absolute atomic E-state index is 0.890. The second-order valence-electron chi connectivity index (χ2n) is 2.81. The van der Waals surface area contributed by atoms with E-state index in [1.807, 2.05) is 26.8 Å². The molecule has 1 N–H and O–H groups in total. The molecule has 14 heavy (non-hydrogen) atoms. The van der Waals surface area contributed by atoms with E-state index in [1.54, 1.807) is 0 Å². The largest absolute Gasteiger partial charge is 0.342 e. The number of H-pyrrole nitrogens is 1. The van der Waals surface area contributed by atoms with Crippen molar-refractivity contribution in [1.82, 2.24) is 9.97 Å². The van der Waals surface area contributed by atoms with Crippen molar-refractivity contribution in [2.75, 3.05) is 0 Å². The first-order chi connectivity index (χ1) is 6.79. The van der Waals surface area contributed by atoms with Crippen molar-refractivity contribution < 1.29 is 0 Å². The van der Waals surface area contributed by atoms with Crippen LogP contribution in [0, 0.1) is 6.92 Å². The maximum absolute atomic E-state index is 4.32. The molecule has 0 amide bonds. The molecular formula is C11H15BrN2. The number of nitrogens with one attached hydrogen (secondary N) is 1. The lowest BCUT2D eigenvalue weighted by Crippen LogP contribution is -1.76. The highest BCUT2D eigenvalue weighted by Crippen LogP contribution is 2.14. The number of hydrogen-bond acceptors (Lipinski definition) is 1. The zero-order chi connectivity index (χ0) is 10.6. The lowest BCUT2D eigenvalue weighted by molar-refractivity contribution is 1.17. The Morgan fingerprint density at radius 1 is 1.36 bits per heavy atom. The molecule has 0 aliphatic carbocycles. The summed E-state index contributed by atoms with van der Waals surface area (Å²) in [5.74, 6) is 0.969. The Balaban J connectivity index is 0.000000461. The van der Waals surface area contributed by atoms with E-state index in [2.05, 4.69) is 38.0 Å². The van der Waals surface area contributed by atoms with Gasteiger partial charge in [0.05, 0.1) is 11.0 Å². The number of alkyl halides is 1. The van der Waals surface area contributed by atoms with Gasteiger partial charge in [-0.3, -0.25) is 0 Å². The fourth-order valence-corrected chi connectivity index (χ4v) is 1.62. The zero-order valence-electron chi connectivity index (χ0n) is 8.76. The third-order valence-corrected chi connectivity index (χ3v) is 2.47. The molecule has 0 spiro atoms. The van der Waals surface area contributed by atoms with Crippen LogP contribution in [0.5, 0.6) is 0 Å². The maximum Gasteiger partial charge on any atom is 0.104 e. The van der Waals surface area contributed by atoms with Crippen molar-refractivity contribution in [2.45, 2.75) is 26.1 Å². The molecule has 2 rings (SSSR count). The molecule has 0 saturated heterocycles. The maximum atomic E-state index is 4.32. The molecule has 76 valence electrons. The van der Waals surface area contributed by atoms with Crippen LogP contribution in [-0.2, 0) is 5.33 Å². The van der Waals surface area contributed by atoms with Crippen LogP contribution in [0.25, 0.3) is 11.0 Å². The van der Waals surface area contributed by atoms with E-state index >= 15 is 0 Å². The summed E-state index contributed by atoms with van der Waals surface area (Å²) in [5, 5.41) is 0.890. The van der Waals surface area contributed by atoms with Gasteiger partial charge in [-0.25, -0.2) is 4.98 Å². The van der Waals surface area contributed by atoms with Gasteiger partial charge in [0, 0.05) is 5.33 Å². The van der Waals surface area contributed by atoms with Gasteiger partial charge in [-0.15, -0.1) is 0 Å². The first-order valence-corrected chi connectivity index (χ1v) is 5.93. The Hall–Kier alpha value is -0.830. The summed E-state index contributed by atoms with van der Waals surface area (Å²) in [7, 11) is 0. The Bertz CT molecular complexity index is 407. The van der Waals surface area contributed by atoms with Gasteiger partial charge in [-0.05, 0) is 24.6 Å². The van der Waals surface area contributed by atoms with E-state index in [0.717, 1.165) is 22.2 Å². The van der Waals surface area contributed by atoms with E-state index < -0.39 is 0 Å². The van der Waals surface area contributed by atoms with E-state index in [-0.39, 0.29) is 0 Å². The minimum atomic E-state index is 0.890. The van der Waals surface area contributed by atoms with Gasteiger partial charge in [0.2, 0.25) is 0 Å². The van der Waals surface area contributed by atoms with Crippen molar-refractivity contribution in [3.05, 3.63) is 29.6 Å². The van der Waals surface area contributed by atoms with Gasteiger partial charge in [0.15, 0.2) is 0 Å². The third-order valence-electron chi connectivity index (χ3n) is 1.82. The average molecular weight is 255 g/mol. The fourth-order valence-electron chi connectivity index (χ4n) is 1.27. The Morgan fingerprint density at radius 3 is 2.71 bits per heavy atom. The second-order valence-corrected chi connectivity index (χ2v) is 3.37. The number of rotatable bonds is 1. The molecule has 0 saturated carbocycles. The minimum Gasteiger partial charge on any atom is -0.342 e. The first kappa shape index (κ1) is 11.2. The summed E-state index contributed by atoms with van der Waals surface area (Å²) in [5.41, 5.74) is 3.42. The molecule has 0 aliphatic rings. The summed E-state index contributed by atoms with van der Waals surface area (Å²) in [6.07, 6.45) is 0. The lowest BCUT2D eigenvalue weighted by atomic mass is 10.2. The van der Waals surface area contributed by atoms with Crippen molar-refractivity contribution in [2.24, 2.45) is 0 Å². The number of benzene rings is 1. The number of nitrogens with zero attached hydrogens (tertiary/aromatic N) is 1. The number of fused-ring (bicyclic) bond motifs is 1. The van der Waals surface area contributed by atoms with E-state index in [4.69, 9.17) is 0 Å². The van der Waals surface area contributed by atoms with Gasteiger partial charge in [0.25, 0.3) is 0 Å². The number of imidazole rings is 1. The highest BCUT2D eigenvalue weighted by atomic mass is 79.9. The Morgan fingerprint density at radius 2 is 2.07 bits per heavy atom. The number of aromatic amines is 1. The molecule has 0 fully saturated rings. The van der Waals surface area contributed by atoms with Crippen LogP contribution in [0.2, 0.25) is 0 Å². The van der Waals surface area contributed by atoms with Crippen molar-refractivity contribution in [3.8, 4) is 0 Å². The standard InChI is InChI=1S/C9H9BrN2.C2H6/c1-6-11-8-3-2-7(5-10)4-9(8)12-6;1-2/h2-4H,5H2,1H3,(H,11,12);1-2H3. The molecule has 0 bridgehead atoms. The predicted octanol–water partition coefficient (Wildman–Crippen LogP) is 3.79. The highest BCUT2D eigenvalue weighted by molar-refractivity contribution is 9.08. The number of aryl methyl sites for hydroxylation is 1. The Kier molecular flexibility index (Phi) is 4.14. The van der Waals surface area contributed by atoms with Gasteiger partial charge < -0.3 is 4.98 Å². The summed E-state index contributed by atoms with van der Waals surface area (Å²) in [6.45, 7) is 5.97. The van der Waals surface area contributed by atoms with Crippen molar-refractivity contribution in [1.29, 1.82) is 0 Å². The molecule has 1 aromatic heterocycles. The smallest absolute Gasteiger partial charge is 0.104 e. The summed E-state index contributed by atoms with van der Waals surface area (Å²) < 4.78 is 0. The molecular weight excluding hydrogens is 240 g/mol.